The van der Waals surface area contributed by atoms with E-state index in [2.05, 4.69) is 10.6 Å². The fourth-order valence-corrected chi connectivity index (χ4v) is 2.22. The Morgan fingerprint density at radius 3 is 1.68 bits per heavy atom. The van der Waals surface area contributed by atoms with Crippen LogP contribution in [0.25, 0.3) is 0 Å². The van der Waals surface area contributed by atoms with E-state index in [1.54, 1.807) is 24.3 Å². The fraction of sp³-hybridized carbons (Fsp3) is 0.300. The molecule has 2 aromatic carbocycles. The number of nitrogens with one attached hydrogen (secondary N) is 2. The molecule has 0 aliphatic rings. The van der Waals surface area contributed by atoms with Crippen LogP contribution in [-0.4, -0.2) is 18.4 Å². The van der Waals surface area contributed by atoms with E-state index >= 15 is 0 Å². The molecular weight excluding hydrogens is 373 g/mol. The van der Waals surface area contributed by atoms with Crippen LogP contribution in [0.3, 0.4) is 0 Å². The van der Waals surface area contributed by atoms with Gasteiger partial charge in [-0.25, -0.2) is 0 Å². The molecule has 0 fully saturated rings. The van der Waals surface area contributed by atoms with Crippen molar-refractivity contribution < 1.29 is 27.5 Å². The standard InChI is InChI=1S/C20H21F3N2O3/c1-4-28-16-11-9-15(10-12-16)25-18(27)19(2,3)17(26)24-14-7-5-13(6-8-14)20(21,22)23/h5-12H,4H2,1-3H3,(H,24,26)(H,25,27). The molecule has 150 valence electrons. The third-order valence-electron chi connectivity index (χ3n) is 4.03. The maximum atomic E-state index is 12.6. The summed E-state index contributed by atoms with van der Waals surface area (Å²) in [4.78, 5) is 25.0. The van der Waals surface area contributed by atoms with Gasteiger partial charge in [-0.1, -0.05) is 0 Å². The van der Waals surface area contributed by atoms with Crippen LogP contribution >= 0.6 is 0 Å². The zero-order chi connectivity index (χ0) is 20.9. The molecule has 0 saturated carbocycles. The average Bonchev–Trinajstić information content (AvgIpc) is 2.63. The molecule has 5 nitrogen and oxygen atoms in total. The Labute approximate surface area is 160 Å². The summed E-state index contributed by atoms with van der Waals surface area (Å²) in [5.41, 5.74) is -1.62. The molecule has 8 heteroatoms. The zero-order valence-electron chi connectivity index (χ0n) is 15.7. The lowest BCUT2D eigenvalue weighted by molar-refractivity contribution is -0.137. The van der Waals surface area contributed by atoms with Crippen LogP contribution in [0.5, 0.6) is 5.75 Å². The van der Waals surface area contributed by atoms with Crippen molar-refractivity contribution in [2.75, 3.05) is 17.2 Å². The van der Waals surface area contributed by atoms with Gasteiger partial charge in [0, 0.05) is 11.4 Å². The van der Waals surface area contributed by atoms with Gasteiger partial charge in [-0.3, -0.25) is 9.59 Å². The molecule has 2 N–H and O–H groups in total. The highest BCUT2D eigenvalue weighted by Crippen LogP contribution is 2.30. The number of halogens is 3. The van der Waals surface area contributed by atoms with E-state index in [9.17, 15) is 22.8 Å². The Hall–Kier alpha value is -3.03. The molecule has 0 heterocycles. The molecule has 0 radical (unpaired) electrons. The van der Waals surface area contributed by atoms with Crippen molar-refractivity contribution >= 4 is 23.2 Å². The lowest BCUT2D eigenvalue weighted by atomic mass is 9.90. The molecule has 2 aromatic rings. The van der Waals surface area contributed by atoms with Crippen LogP contribution in [0.15, 0.2) is 48.5 Å². The van der Waals surface area contributed by atoms with Crippen LogP contribution in [-0.2, 0) is 15.8 Å². The molecule has 28 heavy (non-hydrogen) atoms. The summed E-state index contributed by atoms with van der Waals surface area (Å²) >= 11 is 0. The first-order valence-electron chi connectivity index (χ1n) is 8.57. The van der Waals surface area contributed by atoms with Gasteiger partial charge in [-0.05, 0) is 69.3 Å². The van der Waals surface area contributed by atoms with E-state index in [4.69, 9.17) is 4.74 Å². The Morgan fingerprint density at radius 1 is 0.857 bits per heavy atom. The largest absolute Gasteiger partial charge is 0.494 e. The normalized spacial score (nSPS) is 11.6. The number of rotatable bonds is 6. The number of carbonyl (C=O) groups is 2. The van der Waals surface area contributed by atoms with Gasteiger partial charge in [0.1, 0.15) is 11.2 Å². The number of hydrogen-bond acceptors (Lipinski definition) is 3. The van der Waals surface area contributed by atoms with Crippen LogP contribution in [0.2, 0.25) is 0 Å². The molecule has 0 aliphatic carbocycles. The minimum absolute atomic E-state index is 0.167. The van der Waals surface area contributed by atoms with Crippen molar-refractivity contribution in [3.63, 3.8) is 0 Å². The van der Waals surface area contributed by atoms with Gasteiger partial charge in [0.25, 0.3) is 0 Å². The zero-order valence-corrected chi connectivity index (χ0v) is 15.7. The smallest absolute Gasteiger partial charge is 0.416 e. The van der Waals surface area contributed by atoms with Gasteiger partial charge in [0.15, 0.2) is 0 Å². The van der Waals surface area contributed by atoms with Gasteiger partial charge in [0.05, 0.1) is 12.2 Å². The number of benzene rings is 2. The highest BCUT2D eigenvalue weighted by Gasteiger charge is 2.36. The SMILES string of the molecule is CCOc1ccc(NC(=O)C(C)(C)C(=O)Nc2ccc(C(F)(F)F)cc2)cc1. The molecule has 0 unspecified atom stereocenters. The predicted molar refractivity (Wildman–Crippen MR) is 100 cm³/mol. The Bertz CT molecular complexity index is 829. The van der Waals surface area contributed by atoms with E-state index in [-0.39, 0.29) is 5.69 Å². The minimum atomic E-state index is -4.46. The van der Waals surface area contributed by atoms with E-state index in [1.807, 2.05) is 6.92 Å². The number of ether oxygens (including phenoxy) is 1. The first-order valence-corrected chi connectivity index (χ1v) is 8.57. The number of carbonyl (C=O) groups excluding carboxylic acids is 2. The van der Waals surface area contributed by atoms with Crippen molar-refractivity contribution in [2.45, 2.75) is 26.9 Å². The second-order valence-electron chi connectivity index (χ2n) is 6.57. The fourth-order valence-electron chi connectivity index (χ4n) is 2.22. The number of hydrogen-bond donors (Lipinski definition) is 2. The molecule has 2 amide bonds. The van der Waals surface area contributed by atoms with E-state index < -0.39 is 29.0 Å². The predicted octanol–water partition coefficient (Wildman–Crippen LogP) is 4.71. The monoisotopic (exact) mass is 394 g/mol. The summed E-state index contributed by atoms with van der Waals surface area (Å²) < 4.78 is 43.1. The molecule has 0 aliphatic heterocycles. The van der Waals surface area contributed by atoms with E-state index in [0.717, 1.165) is 24.3 Å². The highest BCUT2D eigenvalue weighted by molar-refractivity contribution is 6.14. The second kappa shape index (κ2) is 8.33. The van der Waals surface area contributed by atoms with Gasteiger partial charge in [0.2, 0.25) is 11.8 Å². The van der Waals surface area contributed by atoms with E-state index in [0.29, 0.717) is 18.0 Å². The lowest BCUT2D eigenvalue weighted by Crippen LogP contribution is -2.41. The molecular formula is C20H21F3N2O3. The van der Waals surface area contributed by atoms with Crippen molar-refractivity contribution in [2.24, 2.45) is 5.41 Å². The van der Waals surface area contributed by atoms with Crippen LogP contribution < -0.4 is 15.4 Å². The molecule has 0 saturated heterocycles. The Kier molecular flexibility index (Phi) is 6.33. The number of amides is 2. The molecule has 2 rings (SSSR count). The maximum absolute atomic E-state index is 12.6. The highest BCUT2D eigenvalue weighted by atomic mass is 19.4. The Balaban J connectivity index is 2.03. The summed E-state index contributed by atoms with van der Waals surface area (Å²) in [5, 5.41) is 5.11. The van der Waals surface area contributed by atoms with Gasteiger partial charge >= 0.3 is 6.18 Å². The summed E-state index contributed by atoms with van der Waals surface area (Å²) in [6.45, 7) is 5.23. The van der Waals surface area contributed by atoms with Crippen molar-refractivity contribution in [3.05, 3.63) is 54.1 Å². The van der Waals surface area contributed by atoms with Gasteiger partial charge in [-0.15, -0.1) is 0 Å². The lowest BCUT2D eigenvalue weighted by Gasteiger charge is -2.23. The number of anilines is 2. The van der Waals surface area contributed by atoms with Crippen LogP contribution in [0.4, 0.5) is 24.5 Å². The minimum Gasteiger partial charge on any atom is -0.494 e. The third-order valence-corrected chi connectivity index (χ3v) is 4.03. The van der Waals surface area contributed by atoms with Crippen molar-refractivity contribution in [1.29, 1.82) is 0 Å². The molecule has 0 aromatic heterocycles. The Morgan fingerprint density at radius 2 is 1.29 bits per heavy atom. The topological polar surface area (TPSA) is 67.4 Å². The summed E-state index contributed by atoms with van der Waals surface area (Å²) in [6, 6.07) is 10.7. The first kappa shape index (κ1) is 21.3. The van der Waals surface area contributed by atoms with E-state index in [1.165, 1.54) is 13.8 Å². The first-order chi connectivity index (χ1) is 13.0. The maximum Gasteiger partial charge on any atom is 0.416 e. The van der Waals surface area contributed by atoms with Crippen LogP contribution in [0, 0.1) is 5.41 Å². The van der Waals surface area contributed by atoms with Gasteiger partial charge in [-0.2, -0.15) is 13.2 Å². The molecule has 0 spiro atoms. The molecule has 0 atom stereocenters. The summed E-state index contributed by atoms with van der Waals surface area (Å²) in [7, 11) is 0. The quantitative estimate of drug-likeness (QED) is 0.698. The van der Waals surface area contributed by atoms with Crippen molar-refractivity contribution in [3.8, 4) is 5.75 Å². The number of alkyl halides is 3. The third kappa shape index (κ3) is 5.25. The van der Waals surface area contributed by atoms with Crippen molar-refractivity contribution in [1.82, 2.24) is 0 Å². The average molecular weight is 394 g/mol. The molecule has 0 bridgehead atoms. The van der Waals surface area contributed by atoms with Crippen LogP contribution in [0.1, 0.15) is 26.3 Å². The van der Waals surface area contributed by atoms with Gasteiger partial charge < -0.3 is 15.4 Å². The second-order valence-corrected chi connectivity index (χ2v) is 6.57. The summed E-state index contributed by atoms with van der Waals surface area (Å²) in [6.07, 6.45) is -4.46. The summed E-state index contributed by atoms with van der Waals surface area (Å²) in [5.74, 6) is -0.545.